The molecule has 1 aromatic heterocycles. The molecule has 1 amide bonds. The van der Waals surface area contributed by atoms with Crippen LogP contribution in [0.15, 0.2) is 6.20 Å². The highest BCUT2D eigenvalue weighted by molar-refractivity contribution is 5.97. The van der Waals surface area contributed by atoms with Crippen LogP contribution in [0.25, 0.3) is 0 Å². The summed E-state index contributed by atoms with van der Waals surface area (Å²) >= 11 is 0. The van der Waals surface area contributed by atoms with E-state index in [-0.39, 0.29) is 18.1 Å². The molecule has 18 heavy (non-hydrogen) atoms. The molecule has 1 fully saturated rings. The molecule has 0 saturated heterocycles. The van der Waals surface area contributed by atoms with Gasteiger partial charge in [0.2, 0.25) is 0 Å². The molecule has 0 radical (unpaired) electrons. The Morgan fingerprint density at radius 1 is 1.67 bits per heavy atom. The Balaban J connectivity index is 2.05. The zero-order valence-corrected chi connectivity index (χ0v) is 10.8. The summed E-state index contributed by atoms with van der Waals surface area (Å²) in [6.07, 6.45) is 4.78. The van der Waals surface area contributed by atoms with E-state index >= 15 is 0 Å². The first kappa shape index (κ1) is 12.9. The number of nitrogens with one attached hydrogen (secondary N) is 1. The zero-order chi connectivity index (χ0) is 13.1. The minimum absolute atomic E-state index is 0.0636. The maximum Gasteiger partial charge on any atom is 0.274 e. The van der Waals surface area contributed by atoms with E-state index < -0.39 is 0 Å². The summed E-state index contributed by atoms with van der Waals surface area (Å²) in [4.78, 5) is 12.1. The van der Waals surface area contributed by atoms with E-state index in [0.717, 1.165) is 19.3 Å². The smallest absolute Gasteiger partial charge is 0.274 e. The number of amides is 1. The molecule has 2 unspecified atom stereocenters. The van der Waals surface area contributed by atoms with Crippen molar-refractivity contribution in [2.75, 3.05) is 12.8 Å². The Hall–Kier alpha value is -1.56. The van der Waals surface area contributed by atoms with Crippen LogP contribution in [0.3, 0.4) is 0 Å². The molecule has 0 aliphatic heterocycles. The Morgan fingerprint density at radius 3 is 3.06 bits per heavy atom. The van der Waals surface area contributed by atoms with Gasteiger partial charge in [0, 0.05) is 19.9 Å². The maximum atomic E-state index is 12.1. The average Bonchev–Trinajstić information content (AvgIpc) is 2.95. The number of carbonyl (C=O) groups excluding carboxylic acids is 1. The SMILES string of the molecule is CCn1cc(N)c(C(=O)NC2CCCC2OC)n1. The number of rotatable bonds is 4. The summed E-state index contributed by atoms with van der Waals surface area (Å²) in [5.74, 6) is -0.214. The second-order valence-corrected chi connectivity index (χ2v) is 4.57. The molecule has 0 spiro atoms. The van der Waals surface area contributed by atoms with Gasteiger partial charge in [-0.25, -0.2) is 0 Å². The summed E-state index contributed by atoms with van der Waals surface area (Å²) in [6.45, 7) is 2.65. The Morgan fingerprint density at radius 2 is 2.44 bits per heavy atom. The van der Waals surface area contributed by atoms with Crippen LogP contribution in [-0.2, 0) is 11.3 Å². The van der Waals surface area contributed by atoms with Crippen molar-refractivity contribution in [2.24, 2.45) is 0 Å². The van der Waals surface area contributed by atoms with Crippen LogP contribution in [0.4, 0.5) is 5.69 Å². The van der Waals surface area contributed by atoms with Gasteiger partial charge in [-0.1, -0.05) is 0 Å². The van der Waals surface area contributed by atoms with E-state index in [1.54, 1.807) is 18.0 Å². The summed E-state index contributed by atoms with van der Waals surface area (Å²) in [5, 5.41) is 7.11. The molecular weight excluding hydrogens is 232 g/mol. The monoisotopic (exact) mass is 252 g/mol. The van der Waals surface area contributed by atoms with E-state index in [9.17, 15) is 4.79 Å². The van der Waals surface area contributed by atoms with Crippen molar-refractivity contribution in [1.29, 1.82) is 0 Å². The van der Waals surface area contributed by atoms with Crippen molar-refractivity contribution in [2.45, 2.75) is 44.9 Å². The average molecular weight is 252 g/mol. The molecule has 1 heterocycles. The molecule has 1 saturated carbocycles. The number of nitrogen functional groups attached to an aromatic ring is 1. The quantitative estimate of drug-likeness (QED) is 0.829. The van der Waals surface area contributed by atoms with Crippen LogP contribution in [0.2, 0.25) is 0 Å². The van der Waals surface area contributed by atoms with Gasteiger partial charge in [-0.2, -0.15) is 5.10 Å². The van der Waals surface area contributed by atoms with Crippen molar-refractivity contribution < 1.29 is 9.53 Å². The van der Waals surface area contributed by atoms with Crippen molar-refractivity contribution in [3.05, 3.63) is 11.9 Å². The standard InChI is InChI=1S/C12H20N4O2/c1-3-16-7-8(13)11(15-16)12(17)14-9-5-4-6-10(9)18-2/h7,9-10H,3-6,13H2,1-2H3,(H,14,17). The predicted octanol–water partition coefficient (Wildman–Crippen LogP) is 0.782. The first-order chi connectivity index (χ1) is 8.65. The number of nitrogens with zero attached hydrogens (tertiary/aromatic N) is 2. The van der Waals surface area contributed by atoms with Gasteiger partial charge in [0.15, 0.2) is 5.69 Å². The topological polar surface area (TPSA) is 82.2 Å². The Labute approximate surface area is 106 Å². The highest BCUT2D eigenvalue weighted by Crippen LogP contribution is 2.22. The number of nitrogens with two attached hydrogens (primary N) is 1. The largest absolute Gasteiger partial charge is 0.396 e. The third-order valence-corrected chi connectivity index (χ3v) is 3.40. The van der Waals surface area contributed by atoms with Crippen LogP contribution in [0.1, 0.15) is 36.7 Å². The lowest BCUT2D eigenvalue weighted by atomic mass is 10.2. The molecule has 2 atom stereocenters. The van der Waals surface area contributed by atoms with Crippen LogP contribution < -0.4 is 11.1 Å². The van der Waals surface area contributed by atoms with Crippen molar-refractivity contribution in [3.63, 3.8) is 0 Å². The third kappa shape index (κ3) is 2.48. The van der Waals surface area contributed by atoms with Crippen LogP contribution >= 0.6 is 0 Å². The minimum atomic E-state index is -0.214. The molecule has 0 aromatic carbocycles. The molecule has 2 rings (SSSR count). The van der Waals surface area contributed by atoms with E-state index in [1.165, 1.54) is 0 Å². The number of ether oxygens (including phenoxy) is 1. The number of methoxy groups -OCH3 is 1. The molecular formula is C12H20N4O2. The molecule has 3 N–H and O–H groups in total. The van der Waals surface area contributed by atoms with Gasteiger partial charge < -0.3 is 15.8 Å². The fourth-order valence-electron chi connectivity index (χ4n) is 2.39. The van der Waals surface area contributed by atoms with Gasteiger partial charge in [0.05, 0.1) is 17.8 Å². The lowest BCUT2D eigenvalue weighted by molar-refractivity contribution is 0.0719. The van der Waals surface area contributed by atoms with E-state index in [0.29, 0.717) is 17.9 Å². The molecule has 6 heteroatoms. The lowest BCUT2D eigenvalue weighted by Gasteiger charge is -2.19. The predicted molar refractivity (Wildman–Crippen MR) is 68.2 cm³/mol. The van der Waals surface area contributed by atoms with Crippen molar-refractivity contribution in [3.8, 4) is 0 Å². The lowest BCUT2D eigenvalue weighted by Crippen LogP contribution is -2.41. The maximum absolute atomic E-state index is 12.1. The fraction of sp³-hybridized carbons (Fsp3) is 0.667. The van der Waals surface area contributed by atoms with Crippen LogP contribution in [-0.4, -0.2) is 34.9 Å². The first-order valence-electron chi connectivity index (χ1n) is 6.32. The van der Waals surface area contributed by atoms with Gasteiger partial charge in [0.1, 0.15) is 0 Å². The van der Waals surface area contributed by atoms with Crippen LogP contribution in [0, 0.1) is 0 Å². The molecule has 6 nitrogen and oxygen atoms in total. The number of aromatic nitrogens is 2. The van der Waals surface area contributed by atoms with Gasteiger partial charge in [-0.15, -0.1) is 0 Å². The van der Waals surface area contributed by atoms with Crippen molar-refractivity contribution in [1.82, 2.24) is 15.1 Å². The van der Waals surface area contributed by atoms with Gasteiger partial charge in [-0.05, 0) is 26.2 Å². The number of carbonyl (C=O) groups is 1. The second-order valence-electron chi connectivity index (χ2n) is 4.57. The highest BCUT2D eigenvalue weighted by atomic mass is 16.5. The van der Waals surface area contributed by atoms with E-state index in [4.69, 9.17) is 10.5 Å². The first-order valence-corrected chi connectivity index (χ1v) is 6.32. The summed E-state index contributed by atoms with van der Waals surface area (Å²) in [7, 11) is 1.68. The van der Waals surface area contributed by atoms with E-state index in [2.05, 4.69) is 10.4 Å². The summed E-state index contributed by atoms with van der Waals surface area (Å²) in [5.41, 5.74) is 6.51. The fourth-order valence-corrected chi connectivity index (χ4v) is 2.39. The minimum Gasteiger partial charge on any atom is -0.396 e. The molecule has 1 aliphatic carbocycles. The van der Waals surface area contributed by atoms with Gasteiger partial charge >= 0.3 is 0 Å². The second kappa shape index (κ2) is 5.39. The third-order valence-electron chi connectivity index (χ3n) is 3.40. The Kier molecular flexibility index (Phi) is 3.86. The number of anilines is 1. The number of hydrogen-bond acceptors (Lipinski definition) is 4. The van der Waals surface area contributed by atoms with Gasteiger partial charge in [0.25, 0.3) is 5.91 Å². The highest BCUT2D eigenvalue weighted by Gasteiger charge is 2.29. The number of aryl methyl sites for hydroxylation is 1. The molecule has 100 valence electrons. The van der Waals surface area contributed by atoms with Crippen molar-refractivity contribution >= 4 is 11.6 Å². The molecule has 1 aromatic rings. The molecule has 1 aliphatic rings. The summed E-state index contributed by atoms with van der Waals surface area (Å²) < 4.78 is 7.00. The summed E-state index contributed by atoms with van der Waals surface area (Å²) in [6, 6.07) is 0.0636. The van der Waals surface area contributed by atoms with E-state index in [1.807, 2.05) is 6.92 Å². The molecule has 0 bridgehead atoms. The Bertz CT molecular complexity index is 430. The van der Waals surface area contributed by atoms with Crippen LogP contribution in [0.5, 0.6) is 0 Å². The zero-order valence-electron chi connectivity index (χ0n) is 10.8. The van der Waals surface area contributed by atoms with Gasteiger partial charge in [-0.3, -0.25) is 9.48 Å². The normalized spacial score (nSPS) is 23.2. The number of hydrogen-bond donors (Lipinski definition) is 2.